The molecule has 0 fully saturated rings. The SMILES string of the molecule is CCSc1ccccc1C(=O)Nc1cc(C(F)(F)F)cnc1N. The molecule has 1 aromatic heterocycles. The van der Waals surface area contributed by atoms with Gasteiger partial charge in [0.15, 0.2) is 0 Å². The maximum absolute atomic E-state index is 12.7. The van der Waals surface area contributed by atoms with E-state index in [9.17, 15) is 18.0 Å². The van der Waals surface area contributed by atoms with E-state index < -0.39 is 17.6 Å². The lowest BCUT2D eigenvalue weighted by atomic mass is 10.2. The molecule has 8 heteroatoms. The van der Waals surface area contributed by atoms with Crippen LogP contribution in [-0.2, 0) is 6.18 Å². The number of hydrogen-bond donors (Lipinski definition) is 2. The predicted molar refractivity (Wildman–Crippen MR) is 84.4 cm³/mol. The molecule has 0 atom stereocenters. The van der Waals surface area contributed by atoms with Crippen molar-refractivity contribution in [1.82, 2.24) is 4.98 Å². The third-order valence-electron chi connectivity index (χ3n) is 2.93. The molecule has 0 aliphatic rings. The summed E-state index contributed by atoms with van der Waals surface area (Å²) in [6, 6.07) is 7.62. The molecule has 0 saturated carbocycles. The van der Waals surface area contributed by atoms with Crippen LogP contribution < -0.4 is 11.1 Å². The summed E-state index contributed by atoms with van der Waals surface area (Å²) in [5, 5.41) is 2.40. The van der Waals surface area contributed by atoms with Crippen molar-refractivity contribution in [3.05, 3.63) is 47.7 Å². The normalized spacial score (nSPS) is 11.3. The van der Waals surface area contributed by atoms with Crippen LogP contribution in [0.15, 0.2) is 41.4 Å². The summed E-state index contributed by atoms with van der Waals surface area (Å²) in [6.45, 7) is 1.94. The van der Waals surface area contributed by atoms with Gasteiger partial charge < -0.3 is 11.1 Å². The average molecular weight is 341 g/mol. The molecule has 0 aliphatic carbocycles. The highest BCUT2D eigenvalue weighted by Crippen LogP contribution is 2.32. The van der Waals surface area contributed by atoms with Crippen LogP contribution in [0, 0.1) is 0 Å². The fourth-order valence-corrected chi connectivity index (χ4v) is 2.66. The van der Waals surface area contributed by atoms with Gasteiger partial charge in [0, 0.05) is 11.1 Å². The van der Waals surface area contributed by atoms with Crippen molar-refractivity contribution in [1.29, 1.82) is 0 Å². The molecule has 1 amide bonds. The van der Waals surface area contributed by atoms with Crippen molar-refractivity contribution >= 4 is 29.2 Å². The first-order valence-electron chi connectivity index (χ1n) is 6.68. The number of benzene rings is 1. The first kappa shape index (κ1) is 17.1. The van der Waals surface area contributed by atoms with E-state index >= 15 is 0 Å². The Bertz CT molecular complexity index is 719. The molecule has 122 valence electrons. The number of pyridine rings is 1. The van der Waals surface area contributed by atoms with Crippen LogP contribution >= 0.6 is 11.8 Å². The number of rotatable bonds is 4. The third-order valence-corrected chi connectivity index (χ3v) is 3.88. The molecular formula is C15H14F3N3OS. The molecule has 0 saturated heterocycles. The minimum atomic E-state index is -4.56. The van der Waals surface area contributed by atoms with Gasteiger partial charge >= 0.3 is 6.18 Å². The van der Waals surface area contributed by atoms with Crippen LogP contribution in [0.3, 0.4) is 0 Å². The van der Waals surface area contributed by atoms with E-state index in [1.165, 1.54) is 11.8 Å². The van der Waals surface area contributed by atoms with Gasteiger partial charge in [-0.3, -0.25) is 4.79 Å². The van der Waals surface area contributed by atoms with Crippen LogP contribution in [0.25, 0.3) is 0 Å². The zero-order chi connectivity index (χ0) is 17.0. The number of aromatic nitrogens is 1. The number of nitrogens with one attached hydrogen (secondary N) is 1. The van der Waals surface area contributed by atoms with Crippen molar-refractivity contribution in [3.8, 4) is 0 Å². The lowest BCUT2D eigenvalue weighted by molar-refractivity contribution is -0.137. The average Bonchev–Trinajstić information content (AvgIpc) is 2.49. The summed E-state index contributed by atoms with van der Waals surface area (Å²) in [6.07, 6.45) is -3.93. The van der Waals surface area contributed by atoms with Gasteiger partial charge in [-0.2, -0.15) is 13.2 Å². The van der Waals surface area contributed by atoms with E-state index in [2.05, 4.69) is 10.3 Å². The van der Waals surface area contributed by atoms with Crippen molar-refractivity contribution < 1.29 is 18.0 Å². The Labute approximate surface area is 135 Å². The van der Waals surface area contributed by atoms with E-state index in [4.69, 9.17) is 5.73 Å². The third kappa shape index (κ3) is 4.16. The number of thioether (sulfide) groups is 1. The second-order valence-electron chi connectivity index (χ2n) is 4.54. The van der Waals surface area contributed by atoms with E-state index in [0.717, 1.165) is 16.7 Å². The summed E-state index contributed by atoms with van der Waals surface area (Å²) >= 11 is 1.46. The minimum absolute atomic E-state index is 0.166. The second kappa shape index (κ2) is 6.91. The zero-order valence-corrected chi connectivity index (χ0v) is 13.0. The number of nitrogens with zero attached hydrogens (tertiary/aromatic N) is 1. The number of carbonyl (C=O) groups is 1. The number of nitrogen functional groups attached to an aromatic ring is 1. The van der Waals surface area contributed by atoms with Gasteiger partial charge in [-0.1, -0.05) is 19.1 Å². The van der Waals surface area contributed by atoms with E-state index in [1.807, 2.05) is 6.92 Å². The van der Waals surface area contributed by atoms with Crippen molar-refractivity contribution in [2.75, 3.05) is 16.8 Å². The fourth-order valence-electron chi connectivity index (χ4n) is 1.86. The molecular weight excluding hydrogens is 327 g/mol. The number of alkyl halides is 3. The maximum atomic E-state index is 12.7. The molecule has 0 spiro atoms. The lowest BCUT2D eigenvalue weighted by Crippen LogP contribution is -2.16. The second-order valence-corrected chi connectivity index (χ2v) is 5.84. The number of carbonyl (C=O) groups excluding carboxylic acids is 1. The van der Waals surface area contributed by atoms with Gasteiger partial charge in [0.25, 0.3) is 5.91 Å². The Morgan fingerprint density at radius 3 is 2.70 bits per heavy atom. The molecule has 2 aromatic rings. The quantitative estimate of drug-likeness (QED) is 0.824. The first-order chi connectivity index (χ1) is 10.8. The van der Waals surface area contributed by atoms with Gasteiger partial charge in [-0.05, 0) is 24.0 Å². The molecule has 4 nitrogen and oxygen atoms in total. The number of nitrogens with two attached hydrogens (primary N) is 1. The Morgan fingerprint density at radius 2 is 2.04 bits per heavy atom. The van der Waals surface area contributed by atoms with Crippen molar-refractivity contribution in [3.63, 3.8) is 0 Å². The van der Waals surface area contributed by atoms with E-state index in [1.54, 1.807) is 24.3 Å². The van der Waals surface area contributed by atoms with Gasteiger partial charge in [-0.25, -0.2) is 4.98 Å². The molecule has 0 unspecified atom stereocenters. The van der Waals surface area contributed by atoms with Crippen molar-refractivity contribution in [2.24, 2.45) is 0 Å². The minimum Gasteiger partial charge on any atom is -0.382 e. The highest BCUT2D eigenvalue weighted by molar-refractivity contribution is 7.99. The monoisotopic (exact) mass is 341 g/mol. The number of hydrogen-bond acceptors (Lipinski definition) is 4. The summed E-state index contributed by atoms with van der Waals surface area (Å²) in [5.41, 5.74) is 4.79. The summed E-state index contributed by atoms with van der Waals surface area (Å²) in [4.78, 5) is 16.6. The largest absolute Gasteiger partial charge is 0.417 e. The standard InChI is InChI=1S/C15H14F3N3OS/c1-2-23-12-6-4-3-5-10(12)14(22)21-11-7-9(15(16,17)18)8-20-13(11)19/h3-8H,2H2,1H3,(H2,19,20)(H,21,22). The molecule has 0 aliphatic heterocycles. The smallest absolute Gasteiger partial charge is 0.382 e. The summed E-state index contributed by atoms with van der Waals surface area (Å²) in [7, 11) is 0. The van der Waals surface area contributed by atoms with E-state index in [-0.39, 0.29) is 11.5 Å². The summed E-state index contributed by atoms with van der Waals surface area (Å²) in [5.74, 6) is 0.0544. The highest BCUT2D eigenvalue weighted by Gasteiger charge is 2.31. The molecule has 0 bridgehead atoms. The number of halogens is 3. The highest BCUT2D eigenvalue weighted by atomic mass is 32.2. The van der Waals surface area contributed by atoms with Crippen LogP contribution in [0.1, 0.15) is 22.8 Å². The van der Waals surface area contributed by atoms with Crippen LogP contribution in [0.4, 0.5) is 24.7 Å². The Kier molecular flexibility index (Phi) is 5.15. The lowest BCUT2D eigenvalue weighted by Gasteiger charge is -2.13. The van der Waals surface area contributed by atoms with Crippen LogP contribution in [0.5, 0.6) is 0 Å². The first-order valence-corrected chi connectivity index (χ1v) is 7.67. The van der Waals surface area contributed by atoms with Crippen molar-refractivity contribution in [2.45, 2.75) is 18.0 Å². The fraction of sp³-hybridized carbons (Fsp3) is 0.200. The summed E-state index contributed by atoms with van der Waals surface area (Å²) < 4.78 is 38.2. The van der Waals surface area contributed by atoms with Gasteiger partial charge in [0.2, 0.25) is 0 Å². The van der Waals surface area contributed by atoms with Gasteiger partial charge in [-0.15, -0.1) is 11.8 Å². The van der Waals surface area contributed by atoms with Gasteiger partial charge in [0.1, 0.15) is 5.82 Å². The molecule has 3 N–H and O–H groups in total. The van der Waals surface area contributed by atoms with E-state index in [0.29, 0.717) is 11.8 Å². The molecule has 23 heavy (non-hydrogen) atoms. The Morgan fingerprint density at radius 1 is 1.35 bits per heavy atom. The predicted octanol–water partition coefficient (Wildman–Crippen LogP) is 4.05. The Hall–Kier alpha value is -2.22. The van der Waals surface area contributed by atoms with Crippen LogP contribution in [0.2, 0.25) is 0 Å². The molecule has 1 aromatic carbocycles. The number of anilines is 2. The maximum Gasteiger partial charge on any atom is 0.417 e. The molecule has 1 heterocycles. The van der Waals surface area contributed by atoms with Gasteiger partial charge in [0.05, 0.1) is 16.8 Å². The topological polar surface area (TPSA) is 68.0 Å². The van der Waals surface area contributed by atoms with Crippen LogP contribution in [-0.4, -0.2) is 16.6 Å². The molecule has 2 rings (SSSR count). The zero-order valence-electron chi connectivity index (χ0n) is 12.1. The number of amides is 1. The Balaban J connectivity index is 2.31. The molecule has 0 radical (unpaired) electrons.